The fourth-order valence-corrected chi connectivity index (χ4v) is 3.29. The number of aliphatic hydroxyl groups excluding tert-OH is 1. The number of aromatic nitrogens is 2. The number of anilines is 2. The quantitative estimate of drug-likeness (QED) is 0.563. The van der Waals surface area contributed by atoms with Gasteiger partial charge in [0.2, 0.25) is 5.82 Å². The molecule has 116 valence electrons. The molecule has 2 atom stereocenters. The van der Waals surface area contributed by atoms with Gasteiger partial charge >= 0.3 is 6.18 Å². The summed E-state index contributed by atoms with van der Waals surface area (Å²) in [4.78, 5) is 8.88. The third kappa shape index (κ3) is 2.62. The number of halogens is 3. The van der Waals surface area contributed by atoms with Crippen molar-refractivity contribution >= 4 is 11.6 Å². The molecule has 2 bridgehead atoms. The van der Waals surface area contributed by atoms with Crippen LogP contribution in [0.4, 0.5) is 24.8 Å². The van der Waals surface area contributed by atoms with Gasteiger partial charge in [-0.15, -0.1) is 0 Å². The molecule has 0 saturated carbocycles. The van der Waals surface area contributed by atoms with Crippen molar-refractivity contribution in [2.45, 2.75) is 50.0 Å². The summed E-state index contributed by atoms with van der Waals surface area (Å²) in [7, 11) is 0. The molecule has 2 unspecified atom stereocenters. The molecule has 3 rings (SSSR count). The number of aliphatic hydroxyl groups is 1. The van der Waals surface area contributed by atoms with Crippen molar-refractivity contribution in [1.29, 1.82) is 0 Å². The van der Waals surface area contributed by atoms with E-state index in [9.17, 15) is 18.3 Å². The molecule has 2 aliphatic heterocycles. The molecule has 1 aromatic rings. The van der Waals surface area contributed by atoms with Crippen LogP contribution >= 0.6 is 0 Å². The zero-order valence-electron chi connectivity index (χ0n) is 11.1. The first-order valence-electron chi connectivity index (χ1n) is 6.78. The Morgan fingerprint density at radius 2 is 1.86 bits per heavy atom. The van der Waals surface area contributed by atoms with Crippen LogP contribution in [0.15, 0.2) is 6.07 Å². The fourth-order valence-electron chi connectivity index (χ4n) is 3.29. The standard InChI is InChI=1S/C12H16F3N5O/c13-12(14,15)11-17-9(19-16)5-10(18-11)20-6-1-2-7(20)4-8(21)3-6/h5-8,21H,1-4,16H2,(H,17,18,19). The summed E-state index contributed by atoms with van der Waals surface area (Å²) in [6, 6.07) is 1.44. The first kappa shape index (κ1) is 14.3. The van der Waals surface area contributed by atoms with E-state index >= 15 is 0 Å². The van der Waals surface area contributed by atoms with E-state index < -0.39 is 18.1 Å². The summed E-state index contributed by atoms with van der Waals surface area (Å²) < 4.78 is 38.6. The molecule has 0 aliphatic carbocycles. The number of hydrogen-bond donors (Lipinski definition) is 3. The predicted molar refractivity (Wildman–Crippen MR) is 69.4 cm³/mol. The zero-order valence-corrected chi connectivity index (χ0v) is 11.1. The molecule has 2 aliphatic rings. The van der Waals surface area contributed by atoms with Gasteiger partial charge in [0.15, 0.2) is 0 Å². The van der Waals surface area contributed by atoms with Gasteiger partial charge in [-0.25, -0.2) is 15.8 Å². The van der Waals surface area contributed by atoms with Crippen LogP contribution in [0.1, 0.15) is 31.5 Å². The highest BCUT2D eigenvalue weighted by molar-refractivity contribution is 5.52. The number of fused-ring (bicyclic) bond motifs is 2. The average Bonchev–Trinajstić information content (AvgIpc) is 2.69. The van der Waals surface area contributed by atoms with Crippen molar-refractivity contribution in [2.75, 3.05) is 10.3 Å². The van der Waals surface area contributed by atoms with Gasteiger partial charge in [0, 0.05) is 18.2 Å². The van der Waals surface area contributed by atoms with E-state index in [1.54, 1.807) is 0 Å². The van der Waals surface area contributed by atoms with Crippen LogP contribution in [0.5, 0.6) is 0 Å². The lowest BCUT2D eigenvalue weighted by Gasteiger charge is -2.38. The molecule has 4 N–H and O–H groups in total. The van der Waals surface area contributed by atoms with Gasteiger partial charge in [-0.1, -0.05) is 0 Å². The first-order valence-corrected chi connectivity index (χ1v) is 6.78. The van der Waals surface area contributed by atoms with Gasteiger partial charge in [0.05, 0.1) is 6.10 Å². The molecule has 1 aromatic heterocycles. The topological polar surface area (TPSA) is 87.3 Å². The third-order valence-corrected chi connectivity index (χ3v) is 4.09. The van der Waals surface area contributed by atoms with E-state index in [4.69, 9.17) is 5.84 Å². The van der Waals surface area contributed by atoms with Gasteiger partial charge in [-0.2, -0.15) is 13.2 Å². The molecule has 9 heteroatoms. The minimum absolute atomic E-state index is 0.0142. The number of nitrogens with zero attached hydrogens (tertiary/aromatic N) is 3. The largest absolute Gasteiger partial charge is 0.451 e. The highest BCUT2D eigenvalue weighted by Crippen LogP contribution is 2.40. The molecule has 0 spiro atoms. The zero-order chi connectivity index (χ0) is 15.2. The fraction of sp³-hybridized carbons (Fsp3) is 0.667. The second-order valence-corrected chi connectivity index (χ2v) is 5.49. The van der Waals surface area contributed by atoms with Crippen LogP contribution in [0.3, 0.4) is 0 Å². The van der Waals surface area contributed by atoms with Crippen LogP contribution in [-0.4, -0.2) is 33.3 Å². The molecular weight excluding hydrogens is 287 g/mol. The second-order valence-electron chi connectivity index (χ2n) is 5.49. The van der Waals surface area contributed by atoms with Crippen molar-refractivity contribution in [3.63, 3.8) is 0 Å². The van der Waals surface area contributed by atoms with Gasteiger partial charge in [-0.3, -0.25) is 0 Å². The van der Waals surface area contributed by atoms with E-state index in [1.807, 2.05) is 4.90 Å². The number of piperidine rings is 1. The Labute approximate surface area is 119 Å². The van der Waals surface area contributed by atoms with Crippen LogP contribution in [0.25, 0.3) is 0 Å². The van der Waals surface area contributed by atoms with E-state index in [0.29, 0.717) is 12.8 Å². The van der Waals surface area contributed by atoms with Gasteiger partial charge in [-0.05, 0) is 25.7 Å². The molecule has 0 amide bonds. The number of hydrazine groups is 1. The Hall–Kier alpha value is -1.61. The number of alkyl halides is 3. The second kappa shape index (κ2) is 4.99. The predicted octanol–water partition coefficient (Wildman–Crippen LogP) is 1.27. The minimum atomic E-state index is -4.63. The molecular formula is C12H16F3N5O. The summed E-state index contributed by atoms with van der Waals surface area (Å²) in [5.41, 5.74) is 2.15. The lowest BCUT2D eigenvalue weighted by molar-refractivity contribution is -0.144. The Kier molecular flexibility index (Phi) is 3.40. The highest BCUT2D eigenvalue weighted by Gasteiger charge is 2.42. The molecule has 6 nitrogen and oxygen atoms in total. The normalized spacial score (nSPS) is 28.8. The Bertz CT molecular complexity index is 524. The first-order chi connectivity index (χ1) is 9.88. The average molecular weight is 303 g/mol. The maximum Gasteiger partial charge on any atom is 0.451 e. The van der Waals surface area contributed by atoms with Gasteiger partial charge in [0.1, 0.15) is 11.6 Å². The molecule has 3 heterocycles. The van der Waals surface area contributed by atoms with Crippen LogP contribution < -0.4 is 16.2 Å². The van der Waals surface area contributed by atoms with Gasteiger partial charge in [0.25, 0.3) is 0 Å². The number of rotatable bonds is 2. The maximum atomic E-state index is 12.9. The highest BCUT2D eigenvalue weighted by atomic mass is 19.4. The summed E-state index contributed by atoms with van der Waals surface area (Å²) in [5, 5.41) is 9.77. The molecule has 21 heavy (non-hydrogen) atoms. The third-order valence-electron chi connectivity index (χ3n) is 4.09. The Balaban J connectivity index is 1.99. The SMILES string of the molecule is NNc1cc(N2C3CCC2CC(O)C3)nc(C(F)(F)F)n1. The summed E-state index contributed by atoms with van der Waals surface area (Å²) in [6.45, 7) is 0. The van der Waals surface area contributed by atoms with Crippen LogP contribution in [-0.2, 0) is 6.18 Å². The molecule has 0 radical (unpaired) electrons. The minimum Gasteiger partial charge on any atom is -0.393 e. The van der Waals surface area contributed by atoms with Crippen molar-refractivity contribution in [3.05, 3.63) is 11.9 Å². The molecule has 2 saturated heterocycles. The van der Waals surface area contributed by atoms with Gasteiger partial charge < -0.3 is 15.4 Å². The Morgan fingerprint density at radius 1 is 1.24 bits per heavy atom. The molecule has 0 aromatic carbocycles. The van der Waals surface area contributed by atoms with Crippen LogP contribution in [0, 0.1) is 0 Å². The van der Waals surface area contributed by atoms with E-state index in [2.05, 4.69) is 15.4 Å². The lowest BCUT2D eigenvalue weighted by atomic mass is 10.00. The number of hydrogen-bond acceptors (Lipinski definition) is 6. The van der Waals surface area contributed by atoms with Crippen LogP contribution in [0.2, 0.25) is 0 Å². The van der Waals surface area contributed by atoms with Crippen molar-refractivity contribution in [2.24, 2.45) is 5.84 Å². The van der Waals surface area contributed by atoms with Crippen molar-refractivity contribution < 1.29 is 18.3 Å². The summed E-state index contributed by atoms with van der Waals surface area (Å²) >= 11 is 0. The summed E-state index contributed by atoms with van der Waals surface area (Å²) in [6.07, 6.45) is -2.23. The van der Waals surface area contributed by atoms with E-state index in [1.165, 1.54) is 6.07 Å². The lowest BCUT2D eigenvalue weighted by Crippen LogP contribution is -2.45. The summed E-state index contributed by atoms with van der Waals surface area (Å²) in [5.74, 6) is 4.13. The van der Waals surface area contributed by atoms with Crippen molar-refractivity contribution in [1.82, 2.24) is 9.97 Å². The van der Waals surface area contributed by atoms with Crippen molar-refractivity contribution in [3.8, 4) is 0 Å². The number of nitrogen functional groups attached to an aromatic ring is 1. The number of nitrogens with two attached hydrogens (primary N) is 1. The molecule has 2 fully saturated rings. The number of nitrogens with one attached hydrogen (secondary N) is 1. The van der Waals surface area contributed by atoms with E-state index in [0.717, 1.165) is 12.8 Å². The smallest absolute Gasteiger partial charge is 0.393 e. The maximum absolute atomic E-state index is 12.9. The monoisotopic (exact) mass is 303 g/mol. The Morgan fingerprint density at radius 3 is 2.38 bits per heavy atom. The van der Waals surface area contributed by atoms with E-state index in [-0.39, 0.29) is 23.7 Å².